The van der Waals surface area contributed by atoms with Crippen molar-refractivity contribution in [1.29, 1.82) is 0 Å². The molecule has 0 spiro atoms. The van der Waals surface area contributed by atoms with Crippen LogP contribution in [0, 0.1) is 12.7 Å². The Hall–Kier alpha value is -2.54. The van der Waals surface area contributed by atoms with E-state index < -0.39 is 0 Å². The lowest BCUT2D eigenvalue weighted by Gasteiger charge is -2.24. The van der Waals surface area contributed by atoms with E-state index in [-0.39, 0.29) is 11.9 Å². The highest BCUT2D eigenvalue weighted by Crippen LogP contribution is 2.28. The van der Waals surface area contributed by atoms with Crippen molar-refractivity contribution in [2.75, 3.05) is 0 Å². The van der Waals surface area contributed by atoms with Gasteiger partial charge in [0.25, 0.3) is 5.89 Å². The Balaban J connectivity index is 1.61. The smallest absolute Gasteiger partial charge is 0.278 e. The zero-order valence-electron chi connectivity index (χ0n) is 11.9. The van der Waals surface area contributed by atoms with Crippen LogP contribution in [0.3, 0.4) is 0 Å². The third-order valence-electron chi connectivity index (χ3n) is 3.62. The second-order valence-electron chi connectivity index (χ2n) is 5.20. The van der Waals surface area contributed by atoms with Gasteiger partial charge < -0.3 is 9.26 Å². The van der Waals surface area contributed by atoms with Crippen molar-refractivity contribution in [2.45, 2.75) is 26.2 Å². The summed E-state index contributed by atoms with van der Waals surface area (Å²) in [6, 6.07) is 8.22. The van der Waals surface area contributed by atoms with Gasteiger partial charge in [0.05, 0.1) is 18.8 Å². The van der Waals surface area contributed by atoms with E-state index in [1.807, 2.05) is 10.7 Å². The molecule has 0 radical (unpaired) electrons. The normalized spacial score (nSPS) is 17.5. The van der Waals surface area contributed by atoms with Crippen molar-refractivity contribution in [3.63, 3.8) is 0 Å². The number of aromatic nitrogens is 4. The molecule has 6 nitrogen and oxygen atoms in total. The molecule has 1 aliphatic rings. The topological polar surface area (TPSA) is 66.0 Å². The Morgan fingerprint density at radius 2 is 2.09 bits per heavy atom. The van der Waals surface area contributed by atoms with Gasteiger partial charge in [0, 0.05) is 0 Å². The molecule has 1 aliphatic heterocycles. The summed E-state index contributed by atoms with van der Waals surface area (Å²) >= 11 is 0. The van der Waals surface area contributed by atoms with Crippen LogP contribution in [0.25, 0.3) is 11.6 Å². The zero-order valence-corrected chi connectivity index (χ0v) is 11.9. The van der Waals surface area contributed by atoms with Crippen LogP contribution in [0.15, 0.2) is 34.9 Å². The molecule has 0 bridgehead atoms. The van der Waals surface area contributed by atoms with E-state index >= 15 is 0 Å². The number of hydrogen-bond donors (Lipinski definition) is 0. The van der Waals surface area contributed by atoms with Crippen LogP contribution < -0.4 is 0 Å². The molecule has 7 heteroatoms. The first-order valence-electron chi connectivity index (χ1n) is 6.93. The molecule has 3 heterocycles. The second kappa shape index (κ2) is 5.03. The van der Waals surface area contributed by atoms with Gasteiger partial charge in [0.1, 0.15) is 11.9 Å². The number of halogens is 1. The summed E-state index contributed by atoms with van der Waals surface area (Å²) in [4.78, 5) is 4.18. The maximum Gasteiger partial charge on any atom is 0.278 e. The van der Waals surface area contributed by atoms with Crippen molar-refractivity contribution in [1.82, 2.24) is 19.9 Å². The van der Waals surface area contributed by atoms with Gasteiger partial charge in [0.2, 0.25) is 0 Å². The Morgan fingerprint density at radius 1 is 1.27 bits per heavy atom. The Bertz CT molecular complexity index is 809. The highest BCUT2D eigenvalue weighted by molar-refractivity contribution is 5.47. The predicted molar refractivity (Wildman–Crippen MR) is 74.2 cm³/mol. The van der Waals surface area contributed by atoms with Crippen molar-refractivity contribution in [3.05, 3.63) is 53.2 Å². The summed E-state index contributed by atoms with van der Waals surface area (Å²) < 4.78 is 25.8. The molecule has 0 aliphatic carbocycles. The Kier molecular flexibility index (Phi) is 3.00. The quantitative estimate of drug-likeness (QED) is 0.728. The molecule has 0 N–H and O–H groups in total. The molecule has 1 atom stereocenters. The first-order valence-corrected chi connectivity index (χ1v) is 6.93. The fourth-order valence-corrected chi connectivity index (χ4v) is 2.51. The standard InChI is InChI=1S/C15H13FN4O2/c1-9-17-15(22-19-9)13-6-12-8-21-14(7-20(12)18-13)10-2-4-11(16)5-3-10/h2-6,14H,7-8H2,1H3/t14-/m0/s1. The van der Waals surface area contributed by atoms with Crippen LogP contribution >= 0.6 is 0 Å². The van der Waals surface area contributed by atoms with Gasteiger partial charge in [-0.1, -0.05) is 17.3 Å². The maximum atomic E-state index is 13.0. The monoisotopic (exact) mass is 300 g/mol. The second-order valence-corrected chi connectivity index (χ2v) is 5.20. The number of aryl methyl sites for hydroxylation is 1. The van der Waals surface area contributed by atoms with E-state index in [0.29, 0.717) is 30.6 Å². The molecule has 0 amide bonds. The van der Waals surface area contributed by atoms with Crippen LogP contribution in [0.5, 0.6) is 0 Å². The summed E-state index contributed by atoms with van der Waals surface area (Å²) in [5.41, 5.74) is 2.51. The molecular formula is C15H13FN4O2. The van der Waals surface area contributed by atoms with E-state index in [1.54, 1.807) is 19.1 Å². The summed E-state index contributed by atoms with van der Waals surface area (Å²) in [7, 11) is 0. The number of hydrogen-bond acceptors (Lipinski definition) is 5. The molecule has 0 unspecified atom stereocenters. The number of rotatable bonds is 2. The highest BCUT2D eigenvalue weighted by Gasteiger charge is 2.24. The number of fused-ring (bicyclic) bond motifs is 1. The summed E-state index contributed by atoms with van der Waals surface area (Å²) in [5.74, 6) is 0.715. The lowest BCUT2D eigenvalue weighted by atomic mass is 10.1. The molecular weight excluding hydrogens is 287 g/mol. The molecule has 1 aromatic carbocycles. The third-order valence-corrected chi connectivity index (χ3v) is 3.62. The summed E-state index contributed by atoms with van der Waals surface area (Å²) in [6.45, 7) is 2.76. The van der Waals surface area contributed by atoms with E-state index in [4.69, 9.17) is 9.26 Å². The molecule has 22 heavy (non-hydrogen) atoms. The SMILES string of the molecule is Cc1noc(-c2cc3n(n2)C[C@@H](c2ccc(F)cc2)OC3)n1. The fraction of sp³-hybridized carbons (Fsp3) is 0.267. The highest BCUT2D eigenvalue weighted by atomic mass is 19.1. The lowest BCUT2D eigenvalue weighted by molar-refractivity contribution is -0.00116. The van der Waals surface area contributed by atoms with E-state index in [9.17, 15) is 4.39 Å². The number of ether oxygens (including phenoxy) is 1. The third kappa shape index (κ3) is 2.29. The fourth-order valence-electron chi connectivity index (χ4n) is 2.51. The number of benzene rings is 1. The number of nitrogens with zero attached hydrogens (tertiary/aromatic N) is 4. The summed E-state index contributed by atoms with van der Waals surface area (Å²) in [5, 5.41) is 8.26. The maximum absolute atomic E-state index is 13.0. The van der Waals surface area contributed by atoms with Gasteiger partial charge >= 0.3 is 0 Å². The molecule has 3 aromatic rings. The molecule has 112 valence electrons. The van der Waals surface area contributed by atoms with Gasteiger partial charge in [0.15, 0.2) is 11.5 Å². The van der Waals surface area contributed by atoms with Crippen molar-refractivity contribution < 1.29 is 13.7 Å². The minimum Gasteiger partial charge on any atom is -0.365 e. The molecule has 0 saturated heterocycles. The Labute approximate surface area is 125 Å². The van der Waals surface area contributed by atoms with E-state index in [0.717, 1.165) is 11.3 Å². The van der Waals surface area contributed by atoms with Crippen molar-refractivity contribution >= 4 is 0 Å². The average Bonchev–Trinajstić information content (AvgIpc) is 3.13. The van der Waals surface area contributed by atoms with Gasteiger partial charge in [-0.3, -0.25) is 4.68 Å². The van der Waals surface area contributed by atoms with Crippen LogP contribution in [-0.2, 0) is 17.9 Å². The van der Waals surface area contributed by atoms with Crippen LogP contribution in [-0.4, -0.2) is 19.9 Å². The summed E-state index contributed by atoms with van der Waals surface area (Å²) in [6.07, 6.45) is -0.148. The van der Waals surface area contributed by atoms with Crippen molar-refractivity contribution in [2.24, 2.45) is 0 Å². The van der Waals surface area contributed by atoms with Crippen LogP contribution in [0.4, 0.5) is 4.39 Å². The van der Waals surface area contributed by atoms with Gasteiger partial charge in [-0.05, 0) is 30.7 Å². The lowest BCUT2D eigenvalue weighted by Crippen LogP contribution is -2.21. The molecule has 0 fully saturated rings. The molecule has 4 rings (SSSR count). The molecule has 2 aromatic heterocycles. The molecule has 0 saturated carbocycles. The van der Waals surface area contributed by atoms with E-state index in [1.165, 1.54) is 12.1 Å². The van der Waals surface area contributed by atoms with Gasteiger partial charge in [-0.25, -0.2) is 4.39 Å². The van der Waals surface area contributed by atoms with Crippen LogP contribution in [0.2, 0.25) is 0 Å². The largest absolute Gasteiger partial charge is 0.365 e. The average molecular weight is 300 g/mol. The van der Waals surface area contributed by atoms with Crippen molar-refractivity contribution in [3.8, 4) is 11.6 Å². The van der Waals surface area contributed by atoms with E-state index in [2.05, 4.69) is 15.2 Å². The predicted octanol–water partition coefficient (Wildman–Crippen LogP) is 2.65. The Morgan fingerprint density at radius 3 is 2.82 bits per heavy atom. The van der Waals surface area contributed by atoms with Gasteiger partial charge in [-0.15, -0.1) is 0 Å². The van der Waals surface area contributed by atoms with Gasteiger partial charge in [-0.2, -0.15) is 10.1 Å². The first kappa shape index (κ1) is 13.1. The minimum absolute atomic E-state index is 0.148. The zero-order chi connectivity index (χ0) is 15.1. The first-order chi connectivity index (χ1) is 10.7. The minimum atomic E-state index is -0.256. The van der Waals surface area contributed by atoms with Crippen LogP contribution in [0.1, 0.15) is 23.2 Å².